The van der Waals surface area contributed by atoms with Crippen LogP contribution in [-0.4, -0.2) is 102 Å². The number of carbonyl (C=O) groups is 3. The highest BCUT2D eigenvalue weighted by molar-refractivity contribution is 5.91. The van der Waals surface area contributed by atoms with Crippen LogP contribution in [0, 0.1) is 23.7 Å². The van der Waals surface area contributed by atoms with E-state index in [1.807, 2.05) is 53.6 Å². The van der Waals surface area contributed by atoms with Crippen LogP contribution in [0.25, 0.3) is 0 Å². The van der Waals surface area contributed by atoms with Crippen molar-refractivity contribution >= 4 is 18.0 Å². The number of aldehydes is 1. The van der Waals surface area contributed by atoms with Crippen molar-refractivity contribution in [3.63, 3.8) is 0 Å². The maximum atomic E-state index is 13.2. The summed E-state index contributed by atoms with van der Waals surface area (Å²) in [5, 5.41) is 22.4. The minimum absolute atomic E-state index is 0.0707. The lowest BCUT2D eigenvalue weighted by Crippen LogP contribution is -2.56. The molecule has 0 aromatic rings. The highest BCUT2D eigenvalue weighted by Gasteiger charge is 2.55. The van der Waals surface area contributed by atoms with Gasteiger partial charge in [-0.15, -0.1) is 0 Å². The molecule has 3 aliphatic rings. The van der Waals surface area contributed by atoms with Gasteiger partial charge >= 0.3 is 5.97 Å². The molecule has 0 radical (unpaired) electrons. The monoisotopic (exact) mass is 581 g/mol. The predicted molar refractivity (Wildman–Crippen MR) is 152 cm³/mol. The van der Waals surface area contributed by atoms with Gasteiger partial charge in [-0.25, -0.2) is 0 Å². The van der Waals surface area contributed by atoms with Crippen LogP contribution in [0.15, 0.2) is 12.2 Å². The number of ether oxygens (including phenoxy) is 4. The first-order valence-corrected chi connectivity index (χ1v) is 15.1. The van der Waals surface area contributed by atoms with Crippen LogP contribution in [0.2, 0.25) is 0 Å². The van der Waals surface area contributed by atoms with E-state index in [-0.39, 0.29) is 42.8 Å². The third-order valence-corrected chi connectivity index (χ3v) is 9.29. The molecule has 10 nitrogen and oxygen atoms in total. The lowest BCUT2D eigenvalue weighted by Gasteiger charge is -2.44. The molecule has 3 heterocycles. The Bertz CT molecular complexity index is 941. The lowest BCUT2D eigenvalue weighted by molar-refractivity contribution is -0.283. The van der Waals surface area contributed by atoms with Gasteiger partial charge in [-0.3, -0.25) is 9.59 Å². The van der Waals surface area contributed by atoms with Gasteiger partial charge < -0.3 is 38.9 Å². The number of aliphatic hydroxyl groups is 2. The van der Waals surface area contributed by atoms with Gasteiger partial charge in [-0.2, -0.15) is 0 Å². The average Bonchev–Trinajstić information content (AvgIpc) is 3.60. The Hall–Kier alpha value is -1.69. The van der Waals surface area contributed by atoms with Crippen LogP contribution in [0.4, 0.5) is 0 Å². The smallest absolute Gasteiger partial charge is 0.308 e. The minimum Gasteiger partial charge on any atom is -0.462 e. The zero-order valence-corrected chi connectivity index (χ0v) is 25.9. The SMILES string of the molecule is CC[C@H]1OC(=O)C[C@@H](O)[C@H](C)[C@H](O[C@@H]2O[C@H](C)C[C@H](N(C)C)[C@H]2O)[C@H](CC=O)C[C@H](C)C(=O)/C=C/[C@]2(C)O[C@H]2[C@@H]1C. The van der Waals surface area contributed by atoms with Crippen molar-refractivity contribution in [2.45, 2.75) is 128 Å². The zero-order chi connectivity index (χ0) is 30.6. The van der Waals surface area contributed by atoms with Gasteiger partial charge in [-0.1, -0.05) is 27.7 Å². The highest BCUT2D eigenvalue weighted by atomic mass is 16.7. The fourth-order valence-corrected chi connectivity index (χ4v) is 6.50. The number of esters is 1. The molecule has 0 saturated carbocycles. The van der Waals surface area contributed by atoms with Gasteiger partial charge in [0, 0.05) is 30.2 Å². The molecule has 2 fully saturated rings. The molecule has 234 valence electrons. The fraction of sp³-hybridized carbons (Fsp3) is 0.839. The maximum absolute atomic E-state index is 13.2. The number of nitrogens with zero attached hydrogens (tertiary/aromatic N) is 1. The summed E-state index contributed by atoms with van der Waals surface area (Å²) in [6.45, 7) is 11.3. The number of fused-ring (bicyclic) bond motifs is 1. The largest absolute Gasteiger partial charge is 0.462 e. The normalized spacial score (nSPS) is 45.5. The van der Waals surface area contributed by atoms with E-state index in [1.54, 1.807) is 19.1 Å². The van der Waals surface area contributed by atoms with E-state index >= 15 is 0 Å². The average molecular weight is 582 g/mol. The number of epoxide rings is 1. The van der Waals surface area contributed by atoms with Crippen molar-refractivity contribution < 1.29 is 43.5 Å². The molecule has 10 heteroatoms. The van der Waals surface area contributed by atoms with Gasteiger partial charge in [0.05, 0.1) is 30.8 Å². The van der Waals surface area contributed by atoms with Crippen LogP contribution in [0.5, 0.6) is 0 Å². The summed E-state index contributed by atoms with van der Waals surface area (Å²) in [5.41, 5.74) is -0.637. The second-order valence-corrected chi connectivity index (χ2v) is 12.9. The topological polar surface area (TPSA) is 135 Å². The molecule has 0 spiro atoms. The van der Waals surface area contributed by atoms with Crippen LogP contribution >= 0.6 is 0 Å². The summed E-state index contributed by atoms with van der Waals surface area (Å²) in [4.78, 5) is 40.0. The van der Waals surface area contributed by atoms with Gasteiger partial charge in [0.1, 0.15) is 24.1 Å². The van der Waals surface area contributed by atoms with E-state index in [1.165, 1.54) is 0 Å². The number of likely N-dealkylation sites (N-methyl/N-ethyl adjacent to an activating group) is 1. The summed E-state index contributed by atoms with van der Waals surface area (Å²) in [6, 6.07) is -0.219. The highest BCUT2D eigenvalue weighted by Crippen LogP contribution is 2.45. The van der Waals surface area contributed by atoms with E-state index in [0.717, 1.165) is 6.29 Å². The third-order valence-electron chi connectivity index (χ3n) is 9.29. The molecule has 0 unspecified atom stereocenters. The van der Waals surface area contributed by atoms with Crippen molar-refractivity contribution in [3.8, 4) is 0 Å². The molecule has 41 heavy (non-hydrogen) atoms. The van der Waals surface area contributed by atoms with Crippen molar-refractivity contribution in [3.05, 3.63) is 12.2 Å². The van der Waals surface area contributed by atoms with E-state index in [9.17, 15) is 24.6 Å². The minimum atomic E-state index is -1.15. The van der Waals surface area contributed by atoms with Crippen LogP contribution in [-0.2, 0) is 33.3 Å². The number of aliphatic hydroxyl groups excluding tert-OH is 2. The standard InChI is InChI=1S/C31H51NO9/c1-9-25-20(5)29-31(6,41-29)12-10-23(34)17(2)14-21(11-13-33)28(19(4)24(35)16-26(36)39-25)40-30-27(37)22(32(7)8)15-18(3)38-30/h10,12-13,17-22,24-25,27-30,35,37H,9,11,14-16H2,1-8H3/b12-10+/t17-,18+,19-,20+,21+,22-,24+,25+,27+,28-,29-,30-,31-/m0/s1. The summed E-state index contributed by atoms with van der Waals surface area (Å²) < 4.78 is 24.2. The Kier molecular flexibility index (Phi) is 11.7. The van der Waals surface area contributed by atoms with Crippen molar-refractivity contribution in [2.24, 2.45) is 23.7 Å². The molecular weight excluding hydrogens is 530 g/mol. The first-order chi connectivity index (χ1) is 19.2. The number of carbonyl (C=O) groups excluding carboxylic acids is 3. The molecule has 2 N–H and O–H groups in total. The molecule has 3 aliphatic heterocycles. The van der Waals surface area contributed by atoms with Crippen LogP contribution in [0.1, 0.15) is 73.6 Å². The summed E-state index contributed by atoms with van der Waals surface area (Å²) >= 11 is 0. The second kappa shape index (κ2) is 14.2. The zero-order valence-electron chi connectivity index (χ0n) is 25.9. The molecule has 3 rings (SSSR count). The Morgan fingerprint density at radius 3 is 2.41 bits per heavy atom. The van der Waals surface area contributed by atoms with Gasteiger partial charge in [0.2, 0.25) is 0 Å². The summed E-state index contributed by atoms with van der Waals surface area (Å²) in [7, 11) is 3.76. The van der Waals surface area contributed by atoms with E-state index in [4.69, 9.17) is 18.9 Å². The Balaban J connectivity index is 1.95. The number of rotatable bonds is 6. The molecule has 13 atom stereocenters. The predicted octanol–water partition coefficient (Wildman–Crippen LogP) is 2.67. The first-order valence-electron chi connectivity index (χ1n) is 15.1. The molecule has 0 aromatic carbocycles. The first kappa shape index (κ1) is 33.8. The maximum Gasteiger partial charge on any atom is 0.308 e. The van der Waals surface area contributed by atoms with E-state index in [2.05, 4.69) is 0 Å². The van der Waals surface area contributed by atoms with E-state index in [0.29, 0.717) is 19.3 Å². The molecule has 0 aromatic heterocycles. The third kappa shape index (κ3) is 8.24. The molecule has 0 amide bonds. The number of hydrogen-bond donors (Lipinski definition) is 2. The second-order valence-electron chi connectivity index (χ2n) is 12.9. The number of cyclic esters (lactones) is 1. The Morgan fingerprint density at radius 1 is 1.12 bits per heavy atom. The van der Waals surface area contributed by atoms with Gasteiger partial charge in [-0.05, 0) is 65.3 Å². The summed E-state index contributed by atoms with van der Waals surface area (Å²) in [5.74, 6) is -2.32. The number of ketones is 1. The number of hydrogen-bond acceptors (Lipinski definition) is 10. The van der Waals surface area contributed by atoms with Crippen molar-refractivity contribution in [1.82, 2.24) is 4.90 Å². The van der Waals surface area contributed by atoms with Crippen molar-refractivity contribution in [2.75, 3.05) is 14.1 Å². The number of allylic oxidation sites excluding steroid dienone is 1. The van der Waals surface area contributed by atoms with Crippen molar-refractivity contribution in [1.29, 1.82) is 0 Å². The Morgan fingerprint density at radius 2 is 1.80 bits per heavy atom. The van der Waals surface area contributed by atoms with Gasteiger partial charge in [0.15, 0.2) is 12.1 Å². The molecule has 2 saturated heterocycles. The quantitative estimate of drug-likeness (QED) is 0.274. The van der Waals surface area contributed by atoms with Crippen LogP contribution in [0.3, 0.4) is 0 Å². The Labute approximate surface area is 244 Å². The summed E-state index contributed by atoms with van der Waals surface area (Å²) in [6.07, 6.45) is 0.627. The fourth-order valence-electron chi connectivity index (χ4n) is 6.50. The van der Waals surface area contributed by atoms with Gasteiger partial charge in [0.25, 0.3) is 0 Å². The molecular formula is C31H51NO9. The lowest BCUT2D eigenvalue weighted by atomic mass is 9.79. The molecule has 0 bridgehead atoms. The van der Waals surface area contributed by atoms with E-state index < -0.39 is 60.0 Å². The van der Waals surface area contributed by atoms with Crippen LogP contribution < -0.4 is 0 Å². The molecule has 0 aliphatic carbocycles.